The number of benzene rings is 2. The Morgan fingerprint density at radius 2 is 1.72 bits per heavy atom. The first-order valence-electron chi connectivity index (χ1n) is 10.1. The van der Waals surface area contributed by atoms with Gasteiger partial charge in [-0.2, -0.15) is 0 Å². The van der Waals surface area contributed by atoms with Gasteiger partial charge in [-0.1, -0.05) is 29.8 Å². The van der Waals surface area contributed by atoms with Gasteiger partial charge in [-0.15, -0.1) is 0 Å². The Balaban J connectivity index is 1.86. The van der Waals surface area contributed by atoms with E-state index in [1.165, 1.54) is 14.2 Å². The number of hydrogen-bond acceptors (Lipinski definition) is 6. The van der Waals surface area contributed by atoms with E-state index >= 15 is 0 Å². The van der Waals surface area contributed by atoms with Gasteiger partial charge < -0.3 is 23.8 Å². The molecule has 0 aliphatic carbocycles. The highest BCUT2D eigenvalue weighted by molar-refractivity contribution is 6.30. The number of carbonyl (C=O) groups is 2. The maximum absolute atomic E-state index is 13.3. The lowest BCUT2D eigenvalue weighted by Gasteiger charge is -2.26. The number of amides is 1. The Morgan fingerprint density at radius 1 is 1.03 bits per heavy atom. The minimum Gasteiger partial charge on any atom is -0.493 e. The van der Waals surface area contributed by atoms with Crippen LogP contribution in [0.15, 0.2) is 53.8 Å². The second-order valence-electron chi connectivity index (χ2n) is 7.17. The summed E-state index contributed by atoms with van der Waals surface area (Å²) in [6.45, 7) is 1.66. The molecule has 0 N–H and O–H groups in total. The van der Waals surface area contributed by atoms with Gasteiger partial charge in [0.2, 0.25) is 0 Å². The van der Waals surface area contributed by atoms with E-state index in [1.54, 1.807) is 53.4 Å². The van der Waals surface area contributed by atoms with Crippen molar-refractivity contribution < 1.29 is 28.5 Å². The zero-order chi connectivity index (χ0) is 22.7. The van der Waals surface area contributed by atoms with Crippen molar-refractivity contribution in [3.8, 4) is 11.5 Å². The van der Waals surface area contributed by atoms with Gasteiger partial charge in [0.1, 0.15) is 11.3 Å². The lowest BCUT2D eigenvalue weighted by atomic mass is 9.97. The fraction of sp³-hybridized carbons (Fsp3) is 0.250. The molecule has 0 spiro atoms. The Hall–Kier alpha value is -3.29. The highest BCUT2D eigenvalue weighted by Gasteiger charge is 2.38. The van der Waals surface area contributed by atoms with Crippen LogP contribution in [-0.4, -0.2) is 57.3 Å². The number of cyclic esters (lactones) is 1. The van der Waals surface area contributed by atoms with E-state index in [-0.39, 0.29) is 17.2 Å². The van der Waals surface area contributed by atoms with Crippen LogP contribution in [0.2, 0.25) is 5.02 Å². The van der Waals surface area contributed by atoms with Crippen molar-refractivity contribution in [2.75, 3.05) is 40.5 Å². The van der Waals surface area contributed by atoms with Crippen LogP contribution in [0.25, 0.3) is 11.6 Å². The number of halogens is 1. The summed E-state index contributed by atoms with van der Waals surface area (Å²) in [5.74, 6) is 0.211. The molecule has 0 unspecified atom stereocenters. The fourth-order valence-electron chi connectivity index (χ4n) is 3.64. The van der Waals surface area contributed by atoms with Crippen molar-refractivity contribution in [2.45, 2.75) is 0 Å². The SMILES string of the molecule is COc1ccc(C2=C(C(=O)N3CCOCC3)C(=O)OC2=Cc2ccc(Cl)cc2)cc1OC. The third-order valence-corrected chi connectivity index (χ3v) is 5.51. The molecule has 2 aliphatic rings. The smallest absolute Gasteiger partial charge is 0.349 e. The molecule has 7 nitrogen and oxygen atoms in total. The summed E-state index contributed by atoms with van der Waals surface area (Å²) in [6, 6.07) is 12.3. The van der Waals surface area contributed by atoms with Gasteiger partial charge >= 0.3 is 5.97 Å². The van der Waals surface area contributed by atoms with Crippen molar-refractivity contribution in [3.63, 3.8) is 0 Å². The molecule has 0 atom stereocenters. The van der Waals surface area contributed by atoms with E-state index in [0.717, 1.165) is 5.56 Å². The number of allylic oxidation sites excluding steroid dienone is 1. The summed E-state index contributed by atoms with van der Waals surface area (Å²) >= 11 is 5.99. The first kappa shape index (κ1) is 21.9. The van der Waals surface area contributed by atoms with E-state index < -0.39 is 5.97 Å². The molecule has 166 valence electrons. The van der Waals surface area contributed by atoms with E-state index in [1.807, 2.05) is 0 Å². The number of morpholine rings is 1. The zero-order valence-corrected chi connectivity index (χ0v) is 18.5. The van der Waals surface area contributed by atoms with Gasteiger partial charge in [-0.05, 0) is 41.5 Å². The van der Waals surface area contributed by atoms with Crippen LogP contribution in [-0.2, 0) is 19.1 Å². The van der Waals surface area contributed by atoms with Crippen LogP contribution in [0.4, 0.5) is 0 Å². The molecule has 1 saturated heterocycles. The average molecular weight is 456 g/mol. The summed E-state index contributed by atoms with van der Waals surface area (Å²) in [7, 11) is 3.06. The third-order valence-electron chi connectivity index (χ3n) is 5.26. The van der Waals surface area contributed by atoms with Crippen molar-refractivity contribution in [3.05, 3.63) is 69.9 Å². The Kier molecular flexibility index (Phi) is 6.48. The molecular formula is C24H22ClNO6. The molecule has 0 bridgehead atoms. The topological polar surface area (TPSA) is 74.3 Å². The predicted octanol–water partition coefficient (Wildman–Crippen LogP) is 3.57. The van der Waals surface area contributed by atoms with Crippen LogP contribution in [0.3, 0.4) is 0 Å². The van der Waals surface area contributed by atoms with Gasteiger partial charge in [0, 0.05) is 23.7 Å². The molecule has 4 rings (SSSR count). The van der Waals surface area contributed by atoms with Crippen LogP contribution < -0.4 is 9.47 Å². The quantitative estimate of drug-likeness (QED) is 0.507. The minimum absolute atomic E-state index is 0.0145. The molecule has 0 aromatic heterocycles. The van der Waals surface area contributed by atoms with Crippen LogP contribution >= 0.6 is 11.6 Å². The molecule has 0 saturated carbocycles. The normalized spacial score (nSPS) is 17.5. The molecule has 8 heteroatoms. The molecule has 2 aromatic carbocycles. The number of esters is 1. The lowest BCUT2D eigenvalue weighted by molar-refractivity contribution is -0.139. The predicted molar refractivity (Wildman–Crippen MR) is 119 cm³/mol. The molecule has 2 heterocycles. The number of rotatable bonds is 5. The van der Waals surface area contributed by atoms with Gasteiger partial charge in [-0.25, -0.2) is 4.79 Å². The maximum atomic E-state index is 13.3. The number of nitrogens with zero attached hydrogens (tertiary/aromatic N) is 1. The lowest BCUT2D eigenvalue weighted by Crippen LogP contribution is -2.42. The second-order valence-corrected chi connectivity index (χ2v) is 7.61. The van der Waals surface area contributed by atoms with Gasteiger partial charge in [0.05, 0.1) is 27.4 Å². The summed E-state index contributed by atoms with van der Waals surface area (Å²) in [5, 5.41) is 0.592. The highest BCUT2D eigenvalue weighted by atomic mass is 35.5. The highest BCUT2D eigenvalue weighted by Crippen LogP contribution is 2.40. The van der Waals surface area contributed by atoms with E-state index in [9.17, 15) is 9.59 Å². The molecule has 2 aromatic rings. The third kappa shape index (κ3) is 4.35. The monoisotopic (exact) mass is 455 g/mol. The maximum Gasteiger partial charge on any atom is 0.349 e. The van der Waals surface area contributed by atoms with Crippen molar-refractivity contribution in [2.24, 2.45) is 0 Å². The van der Waals surface area contributed by atoms with E-state index in [2.05, 4.69) is 0 Å². The standard InChI is InChI=1S/C24H22ClNO6/c1-29-18-8-5-16(14-19(18)30-2)21-20(13-15-3-6-17(25)7-4-15)32-24(28)22(21)23(27)26-9-11-31-12-10-26/h3-8,13-14H,9-12H2,1-2H3. The number of ether oxygens (including phenoxy) is 4. The fourth-order valence-corrected chi connectivity index (χ4v) is 3.76. The van der Waals surface area contributed by atoms with Crippen molar-refractivity contribution in [1.29, 1.82) is 0 Å². The average Bonchev–Trinajstić information content (AvgIpc) is 3.15. The number of hydrogen-bond donors (Lipinski definition) is 0. The van der Waals surface area contributed by atoms with Gasteiger partial charge in [-0.3, -0.25) is 4.79 Å². The summed E-state index contributed by atoms with van der Waals surface area (Å²) in [6.07, 6.45) is 1.71. The van der Waals surface area contributed by atoms with Gasteiger partial charge in [0.25, 0.3) is 5.91 Å². The summed E-state index contributed by atoms with van der Waals surface area (Å²) < 4.78 is 21.7. The van der Waals surface area contributed by atoms with Crippen LogP contribution in [0.1, 0.15) is 11.1 Å². The van der Waals surface area contributed by atoms with Gasteiger partial charge in [0.15, 0.2) is 11.5 Å². The Bertz CT molecular complexity index is 1100. The molecule has 1 amide bonds. The minimum atomic E-state index is -0.688. The molecule has 2 aliphatic heterocycles. The van der Waals surface area contributed by atoms with Crippen LogP contribution in [0.5, 0.6) is 11.5 Å². The van der Waals surface area contributed by atoms with E-state index in [4.69, 9.17) is 30.5 Å². The van der Waals surface area contributed by atoms with Crippen molar-refractivity contribution >= 4 is 35.1 Å². The first-order chi connectivity index (χ1) is 15.5. The zero-order valence-electron chi connectivity index (χ0n) is 17.7. The summed E-state index contributed by atoms with van der Waals surface area (Å²) in [5.41, 5.74) is 1.77. The molecule has 1 fully saturated rings. The van der Waals surface area contributed by atoms with Crippen LogP contribution in [0, 0.1) is 0 Å². The molecular weight excluding hydrogens is 434 g/mol. The Morgan fingerprint density at radius 3 is 2.38 bits per heavy atom. The summed E-state index contributed by atoms with van der Waals surface area (Å²) in [4.78, 5) is 27.8. The second kappa shape index (κ2) is 9.46. The number of carbonyl (C=O) groups excluding carboxylic acids is 2. The molecule has 32 heavy (non-hydrogen) atoms. The first-order valence-corrected chi connectivity index (χ1v) is 10.4. The molecule has 0 radical (unpaired) electrons. The largest absolute Gasteiger partial charge is 0.493 e. The van der Waals surface area contributed by atoms with Crippen molar-refractivity contribution in [1.82, 2.24) is 4.90 Å². The number of methoxy groups -OCH3 is 2. The Labute approximate surface area is 190 Å². The van der Waals surface area contributed by atoms with E-state index in [0.29, 0.717) is 54.0 Å².